The number of nitrogens with one attached hydrogen (secondary N) is 1. The molecule has 3 rings (SSSR count). The second-order valence-corrected chi connectivity index (χ2v) is 5.30. The zero-order valence-electron chi connectivity index (χ0n) is 10.9. The van der Waals surface area contributed by atoms with Crippen LogP contribution in [0.3, 0.4) is 0 Å². The Labute approximate surface area is 113 Å². The van der Waals surface area contributed by atoms with Crippen molar-refractivity contribution < 1.29 is 14.3 Å². The van der Waals surface area contributed by atoms with Crippen LogP contribution in [0.2, 0.25) is 0 Å². The number of ketones is 1. The van der Waals surface area contributed by atoms with E-state index in [1.165, 1.54) is 5.56 Å². The molecular weight excluding hydrogens is 242 g/mol. The topological polar surface area (TPSA) is 47.6 Å². The molecule has 0 aliphatic carbocycles. The minimum atomic E-state index is -0.623. The zero-order valence-corrected chi connectivity index (χ0v) is 10.9. The van der Waals surface area contributed by atoms with E-state index in [9.17, 15) is 4.79 Å². The number of carbonyl (C=O) groups excluding carboxylic acids is 1. The van der Waals surface area contributed by atoms with Gasteiger partial charge in [0.05, 0.1) is 26.4 Å². The molecule has 2 aliphatic rings. The fourth-order valence-electron chi connectivity index (χ4n) is 2.78. The first kappa shape index (κ1) is 12.8. The molecule has 1 atom stereocenters. The third-order valence-corrected chi connectivity index (χ3v) is 3.99. The molecule has 1 aromatic carbocycles. The molecule has 0 saturated carbocycles. The second kappa shape index (κ2) is 5.41. The van der Waals surface area contributed by atoms with Crippen molar-refractivity contribution in [3.05, 3.63) is 35.9 Å². The summed E-state index contributed by atoms with van der Waals surface area (Å²) in [4.78, 5) is 12.5. The summed E-state index contributed by atoms with van der Waals surface area (Å²) in [6.45, 7) is 2.78. The van der Waals surface area contributed by atoms with Gasteiger partial charge in [-0.05, 0) is 5.56 Å². The normalized spacial score (nSPS) is 27.2. The molecule has 0 bridgehead atoms. The maximum atomic E-state index is 12.5. The summed E-state index contributed by atoms with van der Waals surface area (Å²) < 4.78 is 11.0. The van der Waals surface area contributed by atoms with Crippen LogP contribution >= 0.6 is 0 Å². The van der Waals surface area contributed by atoms with Gasteiger partial charge >= 0.3 is 0 Å². The van der Waals surface area contributed by atoms with Crippen LogP contribution in [0.4, 0.5) is 0 Å². The first-order valence-electron chi connectivity index (χ1n) is 6.79. The second-order valence-electron chi connectivity index (χ2n) is 5.30. The van der Waals surface area contributed by atoms with Gasteiger partial charge in [0, 0.05) is 18.9 Å². The summed E-state index contributed by atoms with van der Waals surface area (Å²) in [5.74, 6) is 0.456. The van der Waals surface area contributed by atoms with E-state index in [1.807, 2.05) is 18.2 Å². The molecule has 1 aromatic rings. The number of piperidine rings is 1. The lowest BCUT2D eigenvalue weighted by Crippen LogP contribution is -2.62. The molecule has 2 heterocycles. The van der Waals surface area contributed by atoms with Crippen LogP contribution in [0.15, 0.2) is 30.3 Å². The van der Waals surface area contributed by atoms with Gasteiger partial charge in [-0.3, -0.25) is 4.79 Å². The Morgan fingerprint density at radius 3 is 2.42 bits per heavy atom. The van der Waals surface area contributed by atoms with Gasteiger partial charge in [0.2, 0.25) is 0 Å². The molecule has 2 saturated heterocycles. The van der Waals surface area contributed by atoms with Crippen LogP contribution in [0, 0.1) is 0 Å². The van der Waals surface area contributed by atoms with Crippen molar-refractivity contribution in [3.8, 4) is 0 Å². The summed E-state index contributed by atoms with van der Waals surface area (Å²) in [5, 5.41) is 3.37. The minimum absolute atomic E-state index is 0.203. The summed E-state index contributed by atoms with van der Waals surface area (Å²) in [7, 11) is 0. The first-order valence-corrected chi connectivity index (χ1v) is 6.79. The maximum absolute atomic E-state index is 12.5. The fourth-order valence-corrected chi connectivity index (χ4v) is 2.78. The summed E-state index contributed by atoms with van der Waals surface area (Å²) in [5.41, 5.74) is 0.593. The predicted molar refractivity (Wildman–Crippen MR) is 71.2 cm³/mol. The lowest BCUT2D eigenvalue weighted by atomic mass is 9.81. The Morgan fingerprint density at radius 1 is 1.11 bits per heavy atom. The quantitative estimate of drug-likeness (QED) is 0.823. The highest BCUT2D eigenvalue weighted by atomic mass is 16.5. The Hall–Kier alpha value is -1.23. The molecular formula is C15H19NO3. The van der Waals surface area contributed by atoms with E-state index >= 15 is 0 Å². The standard InChI is InChI=1S/C15H19NO3/c17-14-8-13(12-4-2-1-3-5-12)9-16-15(14)10-18-6-7-19-11-15/h1-5,13,16H,6-11H2/t13-/m0/s1. The molecule has 0 amide bonds. The van der Waals surface area contributed by atoms with Crippen LogP contribution in [-0.4, -0.2) is 44.3 Å². The molecule has 0 unspecified atom stereocenters. The van der Waals surface area contributed by atoms with E-state index in [0.29, 0.717) is 32.8 Å². The van der Waals surface area contributed by atoms with Gasteiger partial charge in [-0.25, -0.2) is 0 Å². The number of Topliss-reactive ketones (excluding diaryl/α,β-unsaturated/α-hetero) is 1. The van der Waals surface area contributed by atoms with E-state index in [0.717, 1.165) is 6.54 Å². The van der Waals surface area contributed by atoms with E-state index in [-0.39, 0.29) is 11.7 Å². The monoisotopic (exact) mass is 261 g/mol. The highest BCUT2D eigenvalue weighted by Crippen LogP contribution is 2.28. The number of benzene rings is 1. The summed E-state index contributed by atoms with van der Waals surface area (Å²) in [6, 6.07) is 10.2. The van der Waals surface area contributed by atoms with Crippen molar-refractivity contribution in [2.45, 2.75) is 17.9 Å². The molecule has 4 nitrogen and oxygen atoms in total. The Kier molecular flexibility index (Phi) is 3.64. The van der Waals surface area contributed by atoms with Crippen LogP contribution in [-0.2, 0) is 14.3 Å². The molecule has 102 valence electrons. The fraction of sp³-hybridized carbons (Fsp3) is 0.533. The molecule has 2 fully saturated rings. The average molecular weight is 261 g/mol. The number of ether oxygens (including phenoxy) is 2. The molecule has 19 heavy (non-hydrogen) atoms. The third-order valence-electron chi connectivity index (χ3n) is 3.99. The Balaban J connectivity index is 1.73. The largest absolute Gasteiger partial charge is 0.377 e. The highest BCUT2D eigenvalue weighted by molar-refractivity contribution is 5.90. The van der Waals surface area contributed by atoms with E-state index < -0.39 is 5.54 Å². The van der Waals surface area contributed by atoms with Crippen molar-refractivity contribution in [2.75, 3.05) is 33.0 Å². The van der Waals surface area contributed by atoms with E-state index in [1.54, 1.807) is 0 Å². The number of carbonyl (C=O) groups is 1. The molecule has 4 heteroatoms. The van der Waals surface area contributed by atoms with Crippen LogP contribution in [0.5, 0.6) is 0 Å². The van der Waals surface area contributed by atoms with Crippen molar-refractivity contribution in [2.24, 2.45) is 0 Å². The molecule has 2 aliphatic heterocycles. The van der Waals surface area contributed by atoms with Gasteiger partial charge in [-0.15, -0.1) is 0 Å². The maximum Gasteiger partial charge on any atom is 0.158 e. The average Bonchev–Trinajstić information content (AvgIpc) is 2.70. The molecule has 1 spiro atoms. The molecule has 0 aromatic heterocycles. The van der Waals surface area contributed by atoms with Crippen molar-refractivity contribution in [1.82, 2.24) is 5.32 Å². The first-order chi connectivity index (χ1) is 9.30. The third kappa shape index (κ3) is 2.56. The number of hydrogen-bond acceptors (Lipinski definition) is 4. The van der Waals surface area contributed by atoms with Crippen molar-refractivity contribution in [3.63, 3.8) is 0 Å². The Morgan fingerprint density at radius 2 is 1.79 bits per heavy atom. The van der Waals surface area contributed by atoms with Gasteiger partial charge in [0.25, 0.3) is 0 Å². The lowest BCUT2D eigenvalue weighted by Gasteiger charge is -2.38. The number of hydrogen-bond donors (Lipinski definition) is 1. The summed E-state index contributed by atoms with van der Waals surface area (Å²) in [6.07, 6.45) is 0.559. The van der Waals surface area contributed by atoms with Crippen LogP contribution in [0.1, 0.15) is 17.9 Å². The van der Waals surface area contributed by atoms with Gasteiger partial charge < -0.3 is 14.8 Å². The highest BCUT2D eigenvalue weighted by Gasteiger charge is 2.44. The smallest absolute Gasteiger partial charge is 0.158 e. The van der Waals surface area contributed by atoms with Gasteiger partial charge in [0.15, 0.2) is 5.78 Å². The zero-order chi connectivity index (χ0) is 13.1. The van der Waals surface area contributed by atoms with E-state index in [4.69, 9.17) is 9.47 Å². The summed E-state index contributed by atoms with van der Waals surface area (Å²) >= 11 is 0. The van der Waals surface area contributed by atoms with Gasteiger partial charge in [-0.1, -0.05) is 30.3 Å². The van der Waals surface area contributed by atoms with Crippen molar-refractivity contribution >= 4 is 5.78 Å². The minimum Gasteiger partial charge on any atom is -0.377 e. The van der Waals surface area contributed by atoms with E-state index in [2.05, 4.69) is 17.4 Å². The molecule has 1 N–H and O–H groups in total. The van der Waals surface area contributed by atoms with Crippen molar-refractivity contribution in [1.29, 1.82) is 0 Å². The lowest BCUT2D eigenvalue weighted by molar-refractivity contribution is -0.131. The SMILES string of the molecule is O=C1C[C@H](c2ccccc2)CNC12COCCOC2. The van der Waals surface area contributed by atoms with Gasteiger partial charge in [0.1, 0.15) is 5.54 Å². The molecule has 0 radical (unpaired) electrons. The van der Waals surface area contributed by atoms with Crippen LogP contribution in [0.25, 0.3) is 0 Å². The predicted octanol–water partition coefficient (Wildman–Crippen LogP) is 1.12. The van der Waals surface area contributed by atoms with Crippen LogP contribution < -0.4 is 5.32 Å². The Bertz CT molecular complexity index is 438. The van der Waals surface area contributed by atoms with Gasteiger partial charge in [-0.2, -0.15) is 0 Å². The number of rotatable bonds is 1.